The molecule has 0 saturated heterocycles. The highest BCUT2D eigenvalue weighted by atomic mass is 32.2. The summed E-state index contributed by atoms with van der Waals surface area (Å²) in [5, 5.41) is 12.3. The van der Waals surface area contributed by atoms with Crippen LogP contribution in [0.25, 0.3) is 28.1 Å². The first-order chi connectivity index (χ1) is 17.1. The summed E-state index contributed by atoms with van der Waals surface area (Å²) in [5.41, 5.74) is 4.24. The molecule has 0 unspecified atom stereocenters. The van der Waals surface area contributed by atoms with Gasteiger partial charge >= 0.3 is 5.97 Å². The van der Waals surface area contributed by atoms with Crippen molar-refractivity contribution in [3.8, 4) is 11.4 Å². The quantitative estimate of drug-likeness (QED) is 0.261. The smallest absolute Gasteiger partial charge is 0.338 e. The number of hydrogen-bond acceptors (Lipinski definition) is 7. The number of aromatic nitrogens is 4. The fourth-order valence-corrected chi connectivity index (χ4v) is 4.43. The second-order valence-electron chi connectivity index (χ2n) is 7.59. The Balaban J connectivity index is 1.38. The maximum absolute atomic E-state index is 12.6. The number of benzene rings is 3. The highest BCUT2D eigenvalue weighted by Crippen LogP contribution is 2.29. The molecule has 0 fully saturated rings. The number of amides is 1. The molecular formula is C26H21N5O3S. The molecule has 5 rings (SSSR count). The zero-order chi connectivity index (χ0) is 24.2. The number of carbonyl (C=O) groups is 2. The summed E-state index contributed by atoms with van der Waals surface area (Å²) in [6, 6.07) is 24.2. The summed E-state index contributed by atoms with van der Waals surface area (Å²) in [5.74, 6) is 0.256. The van der Waals surface area contributed by atoms with E-state index in [0.717, 1.165) is 16.6 Å². The van der Waals surface area contributed by atoms with Gasteiger partial charge in [-0.2, -0.15) is 0 Å². The topological polar surface area (TPSA) is 98.5 Å². The van der Waals surface area contributed by atoms with Crippen LogP contribution in [0, 0.1) is 0 Å². The monoisotopic (exact) mass is 483 g/mol. The van der Waals surface area contributed by atoms with E-state index >= 15 is 0 Å². The van der Waals surface area contributed by atoms with E-state index in [1.54, 1.807) is 31.2 Å². The molecule has 174 valence electrons. The number of esters is 1. The molecule has 0 aliphatic heterocycles. The van der Waals surface area contributed by atoms with Gasteiger partial charge in [0.05, 0.1) is 29.0 Å². The van der Waals surface area contributed by atoms with Gasteiger partial charge in [0.15, 0.2) is 11.5 Å². The minimum Gasteiger partial charge on any atom is -0.462 e. The lowest BCUT2D eigenvalue weighted by Gasteiger charge is -2.09. The van der Waals surface area contributed by atoms with Crippen LogP contribution in [0.2, 0.25) is 0 Å². The minimum atomic E-state index is -0.393. The van der Waals surface area contributed by atoms with Crippen LogP contribution >= 0.6 is 11.8 Å². The first kappa shape index (κ1) is 22.5. The predicted octanol–water partition coefficient (Wildman–Crippen LogP) is 4.85. The zero-order valence-electron chi connectivity index (χ0n) is 18.8. The molecule has 0 aliphatic carbocycles. The van der Waals surface area contributed by atoms with Gasteiger partial charge in [-0.15, -0.1) is 10.2 Å². The molecule has 1 amide bonds. The Hall–Kier alpha value is -4.24. The number of carbonyl (C=O) groups excluding carboxylic acids is 2. The van der Waals surface area contributed by atoms with E-state index in [1.165, 1.54) is 11.8 Å². The molecule has 0 radical (unpaired) electrons. The number of para-hydroxylation sites is 2. The van der Waals surface area contributed by atoms with Crippen molar-refractivity contribution in [2.45, 2.75) is 11.9 Å². The van der Waals surface area contributed by atoms with Gasteiger partial charge in [-0.05, 0) is 43.3 Å². The number of nitrogens with zero attached hydrogens (tertiary/aromatic N) is 4. The summed E-state index contributed by atoms with van der Waals surface area (Å²) >= 11 is 1.29. The summed E-state index contributed by atoms with van der Waals surface area (Å²) in [7, 11) is 0. The van der Waals surface area contributed by atoms with Crippen LogP contribution in [-0.4, -0.2) is 43.8 Å². The highest BCUT2D eigenvalue weighted by Gasteiger charge is 2.17. The van der Waals surface area contributed by atoms with Crippen LogP contribution in [0.15, 0.2) is 83.9 Å². The van der Waals surface area contributed by atoms with Crippen LogP contribution in [0.1, 0.15) is 17.3 Å². The first-order valence-corrected chi connectivity index (χ1v) is 12.0. The van der Waals surface area contributed by atoms with Gasteiger partial charge in [0.2, 0.25) is 5.91 Å². The van der Waals surface area contributed by atoms with Gasteiger partial charge in [0.1, 0.15) is 5.03 Å². The Labute approximate surface area is 205 Å². The number of rotatable bonds is 7. The first-order valence-electron chi connectivity index (χ1n) is 11.0. The van der Waals surface area contributed by atoms with Crippen molar-refractivity contribution >= 4 is 46.0 Å². The Morgan fingerprint density at radius 3 is 2.46 bits per heavy atom. The number of nitrogens with one attached hydrogen (secondary N) is 1. The summed E-state index contributed by atoms with van der Waals surface area (Å²) in [6.45, 7) is 2.06. The van der Waals surface area contributed by atoms with Crippen molar-refractivity contribution in [3.63, 3.8) is 0 Å². The van der Waals surface area contributed by atoms with Crippen molar-refractivity contribution in [1.29, 1.82) is 0 Å². The highest BCUT2D eigenvalue weighted by molar-refractivity contribution is 8.00. The maximum atomic E-state index is 12.6. The largest absolute Gasteiger partial charge is 0.462 e. The van der Waals surface area contributed by atoms with Crippen LogP contribution in [-0.2, 0) is 9.53 Å². The van der Waals surface area contributed by atoms with Crippen molar-refractivity contribution in [2.24, 2.45) is 0 Å². The van der Waals surface area contributed by atoms with E-state index in [0.29, 0.717) is 34.4 Å². The average molecular weight is 484 g/mol. The number of anilines is 1. The van der Waals surface area contributed by atoms with Gasteiger partial charge in [-0.1, -0.05) is 54.2 Å². The summed E-state index contributed by atoms with van der Waals surface area (Å²) in [4.78, 5) is 29.2. The van der Waals surface area contributed by atoms with E-state index in [9.17, 15) is 9.59 Å². The number of fused-ring (bicyclic) bond motifs is 3. The molecule has 0 spiro atoms. The minimum absolute atomic E-state index is 0.133. The van der Waals surface area contributed by atoms with Crippen LogP contribution in [0.4, 0.5) is 5.69 Å². The van der Waals surface area contributed by atoms with Gasteiger partial charge < -0.3 is 10.1 Å². The van der Waals surface area contributed by atoms with E-state index in [2.05, 4.69) is 15.5 Å². The van der Waals surface area contributed by atoms with Gasteiger partial charge in [-0.25, -0.2) is 9.78 Å². The lowest BCUT2D eigenvalue weighted by molar-refractivity contribution is -0.113. The summed E-state index contributed by atoms with van der Waals surface area (Å²) < 4.78 is 6.96. The third-order valence-corrected chi connectivity index (χ3v) is 6.20. The lowest BCUT2D eigenvalue weighted by atomic mass is 10.2. The van der Waals surface area contributed by atoms with E-state index in [1.807, 2.05) is 59.0 Å². The van der Waals surface area contributed by atoms with Gasteiger partial charge in [0.25, 0.3) is 0 Å². The molecular weight excluding hydrogens is 462 g/mol. The molecule has 1 N–H and O–H groups in total. The van der Waals surface area contributed by atoms with Crippen molar-refractivity contribution in [2.75, 3.05) is 17.7 Å². The molecule has 0 bridgehead atoms. The Kier molecular flexibility index (Phi) is 6.40. The Morgan fingerprint density at radius 2 is 1.69 bits per heavy atom. The summed E-state index contributed by atoms with van der Waals surface area (Å²) in [6.07, 6.45) is 0. The second kappa shape index (κ2) is 9.94. The van der Waals surface area contributed by atoms with Crippen molar-refractivity contribution in [3.05, 3.63) is 84.4 Å². The van der Waals surface area contributed by atoms with Crippen LogP contribution in [0.5, 0.6) is 0 Å². The fourth-order valence-electron chi connectivity index (χ4n) is 3.66. The number of hydrogen-bond donors (Lipinski definition) is 1. The standard InChI is InChI=1S/C26H21N5O3S/c1-2-34-26(33)18-12-14-19(15-13-18)27-22(32)16-35-25-24-30-29-23(17-8-4-3-5-9-17)31(24)21-11-7-6-10-20(21)28-25/h3-15H,2,16H2,1H3,(H,27,32). The Morgan fingerprint density at radius 1 is 0.943 bits per heavy atom. The molecule has 8 nitrogen and oxygen atoms in total. The predicted molar refractivity (Wildman–Crippen MR) is 135 cm³/mol. The fraction of sp³-hybridized carbons (Fsp3) is 0.115. The van der Waals surface area contributed by atoms with Crippen LogP contribution < -0.4 is 5.32 Å². The molecule has 0 aliphatic rings. The molecule has 0 saturated carbocycles. The molecule has 3 aromatic carbocycles. The average Bonchev–Trinajstić information content (AvgIpc) is 3.34. The van der Waals surface area contributed by atoms with E-state index in [-0.39, 0.29) is 11.7 Å². The SMILES string of the molecule is CCOC(=O)c1ccc(NC(=O)CSc2nc3ccccc3n3c(-c4ccccc4)nnc23)cc1. The van der Waals surface area contributed by atoms with Gasteiger partial charge in [0, 0.05) is 11.3 Å². The van der Waals surface area contributed by atoms with Crippen LogP contribution in [0.3, 0.4) is 0 Å². The maximum Gasteiger partial charge on any atom is 0.338 e. The normalized spacial score (nSPS) is 11.0. The van der Waals surface area contributed by atoms with Crippen molar-refractivity contribution < 1.29 is 14.3 Å². The van der Waals surface area contributed by atoms with E-state index in [4.69, 9.17) is 9.72 Å². The van der Waals surface area contributed by atoms with Gasteiger partial charge in [-0.3, -0.25) is 9.20 Å². The Bertz CT molecular complexity index is 1520. The number of ether oxygens (including phenoxy) is 1. The molecule has 2 heterocycles. The van der Waals surface area contributed by atoms with Crippen molar-refractivity contribution in [1.82, 2.24) is 19.6 Å². The third-order valence-electron chi connectivity index (χ3n) is 5.25. The molecule has 5 aromatic rings. The second-order valence-corrected chi connectivity index (χ2v) is 8.55. The molecule has 9 heteroatoms. The lowest BCUT2D eigenvalue weighted by Crippen LogP contribution is -2.14. The van der Waals surface area contributed by atoms with E-state index < -0.39 is 5.97 Å². The number of thioether (sulfide) groups is 1. The zero-order valence-corrected chi connectivity index (χ0v) is 19.7. The molecule has 0 atom stereocenters. The molecule has 35 heavy (non-hydrogen) atoms. The third kappa shape index (κ3) is 4.71. The molecule has 2 aromatic heterocycles.